The van der Waals surface area contributed by atoms with Crippen LogP contribution in [0.2, 0.25) is 6.32 Å². The van der Waals surface area contributed by atoms with Crippen LogP contribution >= 0.6 is 0 Å². The van der Waals surface area contributed by atoms with E-state index < -0.39 is 18.2 Å². The van der Waals surface area contributed by atoms with Gasteiger partial charge in [-0.3, -0.25) is 9.59 Å². The van der Waals surface area contributed by atoms with E-state index in [4.69, 9.17) is 10.0 Å². The molecule has 4 N–H and O–H groups in total. The van der Waals surface area contributed by atoms with Gasteiger partial charge in [0.1, 0.15) is 5.54 Å². The summed E-state index contributed by atoms with van der Waals surface area (Å²) in [5, 5.41) is 24.5. The van der Waals surface area contributed by atoms with Crippen LogP contribution in [0.15, 0.2) is 0 Å². The summed E-state index contributed by atoms with van der Waals surface area (Å²) in [6, 6.07) is 0.261. The van der Waals surface area contributed by atoms with Crippen LogP contribution in [-0.2, 0) is 9.59 Å². The van der Waals surface area contributed by atoms with Crippen LogP contribution in [-0.4, -0.2) is 64.6 Å². The summed E-state index contributed by atoms with van der Waals surface area (Å²) in [5.74, 6) is -0.262. The first-order chi connectivity index (χ1) is 12.0. The van der Waals surface area contributed by atoms with Gasteiger partial charge in [0.15, 0.2) is 0 Å². The number of carbonyl (C=O) groups excluding carboxylic acids is 2. The lowest BCUT2D eigenvalue weighted by atomic mass is 9.74. The maximum atomic E-state index is 13.4. The van der Waals surface area contributed by atoms with Crippen molar-refractivity contribution < 1.29 is 19.6 Å². The Kier molecular flexibility index (Phi) is 6.41. The topological polar surface area (TPSA) is 102 Å². The standard InChI is InChI=1S/C18H34BN3O4/c1-12(23)20-18(16(24)21-17(2,3)4)13(7-6-9-19(25)26)11-15-14(18)8-10-22(15)5/h13-15,25-26H,6-11H2,1-5H3,(H,20,23)(H,21,24)/t13-,14-,15-,18?/m1/s1. The van der Waals surface area contributed by atoms with Gasteiger partial charge in [0.05, 0.1) is 0 Å². The largest absolute Gasteiger partial charge is 0.451 e. The van der Waals surface area contributed by atoms with Gasteiger partial charge in [0.2, 0.25) is 11.8 Å². The minimum Gasteiger partial charge on any atom is -0.427 e. The van der Waals surface area contributed by atoms with Gasteiger partial charge in [0, 0.05) is 24.4 Å². The lowest BCUT2D eigenvalue weighted by molar-refractivity contribution is -0.138. The molecular weight excluding hydrogens is 333 g/mol. The van der Waals surface area contributed by atoms with Crippen LogP contribution in [0.4, 0.5) is 0 Å². The fourth-order valence-electron chi connectivity index (χ4n) is 4.90. The van der Waals surface area contributed by atoms with Crippen molar-refractivity contribution in [2.75, 3.05) is 13.6 Å². The van der Waals surface area contributed by atoms with Gasteiger partial charge >= 0.3 is 7.12 Å². The minimum absolute atomic E-state index is 0.0229. The Balaban J connectivity index is 2.35. The Labute approximate surface area is 157 Å². The van der Waals surface area contributed by atoms with Crippen LogP contribution < -0.4 is 10.6 Å². The van der Waals surface area contributed by atoms with Crippen molar-refractivity contribution in [2.45, 2.75) is 76.8 Å². The van der Waals surface area contributed by atoms with Crippen molar-refractivity contribution >= 4 is 18.9 Å². The summed E-state index contributed by atoms with van der Waals surface area (Å²) in [7, 11) is 0.738. The van der Waals surface area contributed by atoms with Gasteiger partial charge in [-0.2, -0.15) is 0 Å². The highest BCUT2D eigenvalue weighted by Crippen LogP contribution is 2.50. The SMILES string of the molecule is CC(=O)NC1(C(=O)NC(C)(C)C)[C@H](CCCB(O)O)C[C@@H]2[C@H]1CCN2C. The third-order valence-electron chi connectivity index (χ3n) is 5.84. The number of likely N-dealkylation sites (tertiary alicyclic amines) is 1. The maximum absolute atomic E-state index is 13.4. The molecule has 148 valence electrons. The van der Waals surface area contributed by atoms with Gasteiger partial charge in [-0.1, -0.05) is 6.42 Å². The van der Waals surface area contributed by atoms with Crippen LogP contribution in [0.1, 0.15) is 53.4 Å². The van der Waals surface area contributed by atoms with Crippen molar-refractivity contribution in [1.82, 2.24) is 15.5 Å². The van der Waals surface area contributed by atoms with Gasteiger partial charge in [-0.05, 0) is 65.9 Å². The van der Waals surface area contributed by atoms with Crippen molar-refractivity contribution in [1.29, 1.82) is 0 Å². The summed E-state index contributed by atoms with van der Waals surface area (Å²) >= 11 is 0. The molecule has 2 fully saturated rings. The normalized spacial score (nSPS) is 31.6. The molecule has 0 aromatic carbocycles. The highest BCUT2D eigenvalue weighted by molar-refractivity contribution is 6.40. The quantitative estimate of drug-likeness (QED) is 0.508. The van der Waals surface area contributed by atoms with E-state index in [1.54, 1.807) is 0 Å². The van der Waals surface area contributed by atoms with Crippen molar-refractivity contribution in [3.8, 4) is 0 Å². The molecular formula is C18H34BN3O4. The van der Waals surface area contributed by atoms with E-state index in [0.29, 0.717) is 12.8 Å². The Morgan fingerprint density at radius 2 is 1.96 bits per heavy atom. The molecule has 4 atom stereocenters. The lowest BCUT2D eigenvalue weighted by Gasteiger charge is -2.41. The predicted molar refractivity (Wildman–Crippen MR) is 101 cm³/mol. The Bertz CT molecular complexity index is 537. The average molecular weight is 367 g/mol. The Morgan fingerprint density at radius 1 is 1.31 bits per heavy atom. The molecule has 1 aliphatic heterocycles. The molecule has 0 spiro atoms. The second-order valence-corrected chi connectivity index (χ2v) is 9.04. The zero-order valence-electron chi connectivity index (χ0n) is 16.7. The maximum Gasteiger partial charge on any atom is 0.451 e. The zero-order valence-corrected chi connectivity index (χ0v) is 16.7. The molecule has 2 amide bonds. The fourth-order valence-corrected chi connectivity index (χ4v) is 4.90. The molecule has 2 rings (SSSR count). The molecule has 8 heteroatoms. The van der Waals surface area contributed by atoms with E-state index in [-0.39, 0.29) is 36.0 Å². The van der Waals surface area contributed by atoms with E-state index in [1.165, 1.54) is 6.92 Å². The predicted octanol–water partition coefficient (Wildman–Crippen LogP) is 0.369. The molecule has 0 aromatic rings. The molecule has 1 aliphatic carbocycles. The van der Waals surface area contributed by atoms with E-state index in [0.717, 1.165) is 19.4 Å². The van der Waals surface area contributed by atoms with Crippen molar-refractivity contribution in [3.05, 3.63) is 0 Å². The first-order valence-corrected chi connectivity index (χ1v) is 9.65. The molecule has 7 nitrogen and oxygen atoms in total. The van der Waals surface area contributed by atoms with E-state index in [2.05, 4.69) is 22.6 Å². The third kappa shape index (κ3) is 4.40. The summed E-state index contributed by atoms with van der Waals surface area (Å²) in [6.45, 7) is 8.21. The number of amides is 2. The highest BCUT2D eigenvalue weighted by Gasteiger charge is 2.62. The second kappa shape index (κ2) is 7.86. The molecule has 0 radical (unpaired) electrons. The van der Waals surface area contributed by atoms with Crippen LogP contribution in [0.5, 0.6) is 0 Å². The number of nitrogens with zero attached hydrogens (tertiary/aromatic N) is 1. The molecule has 1 unspecified atom stereocenters. The van der Waals surface area contributed by atoms with Gasteiger partial charge < -0.3 is 25.6 Å². The van der Waals surface area contributed by atoms with Crippen molar-refractivity contribution in [3.63, 3.8) is 0 Å². The average Bonchev–Trinajstić information content (AvgIpc) is 2.96. The summed E-state index contributed by atoms with van der Waals surface area (Å²) in [5.41, 5.74) is -1.33. The monoisotopic (exact) mass is 367 g/mol. The van der Waals surface area contributed by atoms with Gasteiger partial charge in [-0.25, -0.2) is 0 Å². The summed E-state index contributed by atoms with van der Waals surface area (Å²) < 4.78 is 0. The second-order valence-electron chi connectivity index (χ2n) is 9.04. The van der Waals surface area contributed by atoms with Crippen LogP contribution in [0.3, 0.4) is 0 Å². The van der Waals surface area contributed by atoms with E-state index in [1.807, 2.05) is 20.8 Å². The first-order valence-electron chi connectivity index (χ1n) is 9.65. The molecule has 0 aromatic heterocycles. The van der Waals surface area contributed by atoms with Crippen molar-refractivity contribution in [2.24, 2.45) is 11.8 Å². The number of rotatable bonds is 6. The van der Waals surface area contributed by atoms with Crippen LogP contribution in [0, 0.1) is 11.8 Å². The minimum atomic E-state index is -1.34. The smallest absolute Gasteiger partial charge is 0.427 e. The molecule has 1 heterocycles. The number of fused-ring (bicyclic) bond motifs is 1. The third-order valence-corrected chi connectivity index (χ3v) is 5.84. The summed E-state index contributed by atoms with van der Waals surface area (Å²) in [4.78, 5) is 27.8. The number of hydrogen-bond donors (Lipinski definition) is 4. The number of nitrogens with one attached hydrogen (secondary N) is 2. The molecule has 1 saturated carbocycles. The van der Waals surface area contributed by atoms with Gasteiger partial charge in [0.25, 0.3) is 0 Å². The number of hydrogen-bond acceptors (Lipinski definition) is 5. The summed E-state index contributed by atoms with van der Waals surface area (Å²) in [6.07, 6.45) is 3.27. The Hall–Kier alpha value is -1.12. The molecule has 26 heavy (non-hydrogen) atoms. The van der Waals surface area contributed by atoms with Crippen LogP contribution in [0.25, 0.3) is 0 Å². The van der Waals surface area contributed by atoms with Gasteiger partial charge in [-0.15, -0.1) is 0 Å². The number of carbonyl (C=O) groups is 2. The lowest BCUT2D eigenvalue weighted by Crippen LogP contribution is -2.66. The van der Waals surface area contributed by atoms with E-state index >= 15 is 0 Å². The van der Waals surface area contributed by atoms with E-state index in [9.17, 15) is 9.59 Å². The highest BCUT2D eigenvalue weighted by atomic mass is 16.4. The molecule has 1 saturated heterocycles. The first kappa shape index (κ1) is 21.2. The Morgan fingerprint density at radius 3 is 2.50 bits per heavy atom. The fraction of sp³-hybridized carbons (Fsp3) is 0.889. The zero-order chi connectivity index (χ0) is 19.7. The molecule has 0 bridgehead atoms. The molecule has 2 aliphatic rings.